The van der Waals surface area contributed by atoms with Crippen molar-refractivity contribution in [3.8, 4) is 0 Å². The zero-order chi connectivity index (χ0) is 15.8. The van der Waals surface area contributed by atoms with Gasteiger partial charge in [-0.15, -0.1) is 0 Å². The van der Waals surface area contributed by atoms with Gasteiger partial charge in [0.15, 0.2) is 5.82 Å². The Labute approximate surface area is 132 Å². The number of H-pyrrole nitrogens is 1. The Kier molecular flexibility index (Phi) is 3.47. The third-order valence-electron chi connectivity index (χ3n) is 4.27. The Balaban J connectivity index is 1.62. The maximum absolute atomic E-state index is 12.1. The Morgan fingerprint density at radius 1 is 1.39 bits per heavy atom. The molecule has 1 saturated heterocycles. The number of rotatable bonds is 3. The van der Waals surface area contributed by atoms with Gasteiger partial charge in [0.05, 0.1) is 17.1 Å². The van der Waals surface area contributed by atoms with Gasteiger partial charge < -0.3 is 14.8 Å². The number of aromatic amines is 1. The van der Waals surface area contributed by atoms with Crippen LogP contribution >= 0.6 is 0 Å². The number of hydrogen-bond donors (Lipinski definition) is 2. The van der Waals surface area contributed by atoms with Crippen molar-refractivity contribution in [2.45, 2.75) is 12.6 Å². The highest BCUT2D eigenvalue weighted by Gasteiger charge is 2.25. The quantitative estimate of drug-likeness (QED) is 0.724. The minimum absolute atomic E-state index is 0.0981. The summed E-state index contributed by atoms with van der Waals surface area (Å²) in [6.07, 6.45) is 0. The summed E-state index contributed by atoms with van der Waals surface area (Å²) in [5.74, 6) is 1.09. The predicted octanol–water partition coefficient (Wildman–Crippen LogP) is 0.337. The number of fused-ring (bicyclic) bond motifs is 1. The van der Waals surface area contributed by atoms with Crippen molar-refractivity contribution in [2.24, 2.45) is 0 Å². The number of nitrogens with zero attached hydrogens (tertiary/aromatic N) is 4. The second kappa shape index (κ2) is 5.64. The molecule has 0 bridgehead atoms. The summed E-state index contributed by atoms with van der Waals surface area (Å²) in [6, 6.07) is 7.65. The highest BCUT2D eigenvalue weighted by atomic mass is 16.5. The van der Waals surface area contributed by atoms with Gasteiger partial charge in [-0.1, -0.05) is 17.3 Å². The number of piperazine rings is 1. The summed E-state index contributed by atoms with van der Waals surface area (Å²) in [4.78, 5) is 21.6. The average Bonchev–Trinajstić information content (AvgIpc) is 3.14. The van der Waals surface area contributed by atoms with Gasteiger partial charge >= 0.3 is 5.69 Å². The number of aromatic nitrogens is 4. The molecule has 23 heavy (non-hydrogen) atoms. The first-order valence-electron chi connectivity index (χ1n) is 7.63. The molecule has 1 aliphatic heterocycles. The molecule has 4 rings (SSSR count). The summed E-state index contributed by atoms with van der Waals surface area (Å²) in [6.45, 7) is 2.96. The lowest BCUT2D eigenvalue weighted by Gasteiger charge is -2.30. The second-order valence-electron chi connectivity index (χ2n) is 5.78. The molecule has 3 heterocycles. The first-order valence-corrected chi connectivity index (χ1v) is 7.63. The van der Waals surface area contributed by atoms with Crippen molar-refractivity contribution in [1.29, 1.82) is 0 Å². The van der Waals surface area contributed by atoms with Crippen molar-refractivity contribution in [2.75, 3.05) is 26.7 Å². The standard InChI is InChI=1S/C15H18N6O2/c1-20-7-6-16-8-12(20)14-18-13(23-19-14)9-21-11-5-3-2-4-10(11)17-15(21)22/h2-5,12,16H,6-9H2,1H3,(H,17,22). The topological polar surface area (TPSA) is 92.0 Å². The largest absolute Gasteiger partial charge is 0.337 e. The van der Waals surface area contributed by atoms with Crippen LogP contribution in [0.25, 0.3) is 11.0 Å². The molecule has 0 radical (unpaired) electrons. The minimum atomic E-state index is -0.178. The molecule has 1 aliphatic rings. The normalized spacial score (nSPS) is 19.4. The van der Waals surface area contributed by atoms with E-state index in [1.54, 1.807) is 4.57 Å². The monoisotopic (exact) mass is 314 g/mol. The van der Waals surface area contributed by atoms with E-state index in [1.165, 1.54) is 0 Å². The summed E-state index contributed by atoms with van der Waals surface area (Å²) in [5, 5.41) is 7.42. The summed E-state index contributed by atoms with van der Waals surface area (Å²) in [5.41, 5.74) is 1.45. The second-order valence-corrected chi connectivity index (χ2v) is 5.78. The zero-order valence-electron chi connectivity index (χ0n) is 12.8. The van der Waals surface area contributed by atoms with Gasteiger partial charge in [-0.25, -0.2) is 4.79 Å². The van der Waals surface area contributed by atoms with Gasteiger partial charge in [0.2, 0.25) is 5.89 Å². The lowest BCUT2D eigenvalue weighted by molar-refractivity contribution is 0.190. The van der Waals surface area contributed by atoms with E-state index in [-0.39, 0.29) is 18.3 Å². The number of nitrogens with one attached hydrogen (secondary N) is 2. The van der Waals surface area contributed by atoms with Crippen LogP contribution in [0.5, 0.6) is 0 Å². The highest BCUT2D eigenvalue weighted by Crippen LogP contribution is 2.18. The fourth-order valence-electron chi connectivity index (χ4n) is 2.96. The van der Waals surface area contributed by atoms with E-state index in [0.717, 1.165) is 30.7 Å². The van der Waals surface area contributed by atoms with Gasteiger partial charge in [0, 0.05) is 19.6 Å². The van der Waals surface area contributed by atoms with Crippen LogP contribution in [-0.2, 0) is 6.54 Å². The maximum Gasteiger partial charge on any atom is 0.326 e. The Morgan fingerprint density at radius 3 is 3.13 bits per heavy atom. The molecule has 0 amide bonds. The number of likely N-dealkylation sites (N-methyl/N-ethyl adjacent to an activating group) is 1. The van der Waals surface area contributed by atoms with Crippen LogP contribution in [0.3, 0.4) is 0 Å². The lowest BCUT2D eigenvalue weighted by atomic mass is 10.2. The molecule has 120 valence electrons. The molecule has 0 aliphatic carbocycles. The van der Waals surface area contributed by atoms with E-state index in [0.29, 0.717) is 11.7 Å². The number of imidazole rings is 1. The smallest absolute Gasteiger partial charge is 0.326 e. The van der Waals surface area contributed by atoms with Crippen molar-refractivity contribution in [3.63, 3.8) is 0 Å². The van der Waals surface area contributed by atoms with Gasteiger partial charge in [-0.3, -0.25) is 9.47 Å². The van der Waals surface area contributed by atoms with Crippen LogP contribution in [-0.4, -0.2) is 51.3 Å². The van der Waals surface area contributed by atoms with Crippen LogP contribution in [0.15, 0.2) is 33.6 Å². The van der Waals surface area contributed by atoms with E-state index in [1.807, 2.05) is 31.3 Å². The Bertz CT molecular complexity index is 879. The molecular formula is C15H18N6O2. The number of benzene rings is 1. The van der Waals surface area contributed by atoms with Crippen molar-refractivity contribution < 1.29 is 4.52 Å². The van der Waals surface area contributed by atoms with E-state index in [4.69, 9.17) is 4.52 Å². The molecule has 1 aromatic carbocycles. The fourth-order valence-corrected chi connectivity index (χ4v) is 2.96. The van der Waals surface area contributed by atoms with Crippen molar-refractivity contribution in [1.82, 2.24) is 29.9 Å². The molecule has 2 N–H and O–H groups in total. The molecule has 0 saturated carbocycles. The molecule has 1 unspecified atom stereocenters. The van der Waals surface area contributed by atoms with Crippen LogP contribution in [0.1, 0.15) is 17.8 Å². The number of hydrogen-bond acceptors (Lipinski definition) is 6. The Morgan fingerprint density at radius 2 is 2.26 bits per heavy atom. The predicted molar refractivity (Wildman–Crippen MR) is 84.2 cm³/mol. The Hall–Kier alpha value is -2.45. The van der Waals surface area contributed by atoms with Gasteiger partial charge in [0.1, 0.15) is 6.54 Å². The van der Waals surface area contributed by atoms with E-state index < -0.39 is 0 Å². The van der Waals surface area contributed by atoms with Crippen LogP contribution in [0, 0.1) is 0 Å². The molecule has 0 spiro atoms. The van der Waals surface area contributed by atoms with Gasteiger partial charge in [0.25, 0.3) is 0 Å². The summed E-state index contributed by atoms with van der Waals surface area (Å²) < 4.78 is 6.96. The first-order chi connectivity index (χ1) is 11.2. The minimum Gasteiger partial charge on any atom is -0.337 e. The van der Waals surface area contributed by atoms with Gasteiger partial charge in [-0.05, 0) is 19.2 Å². The molecular weight excluding hydrogens is 296 g/mol. The first kappa shape index (κ1) is 14.2. The molecule has 2 aromatic heterocycles. The van der Waals surface area contributed by atoms with Crippen molar-refractivity contribution >= 4 is 11.0 Å². The van der Waals surface area contributed by atoms with Crippen molar-refractivity contribution in [3.05, 3.63) is 46.5 Å². The molecule has 1 fully saturated rings. The van der Waals surface area contributed by atoms with E-state index in [9.17, 15) is 4.79 Å². The van der Waals surface area contributed by atoms with E-state index >= 15 is 0 Å². The molecule has 8 nitrogen and oxygen atoms in total. The third kappa shape index (κ3) is 2.55. The molecule has 3 aromatic rings. The molecule has 1 atom stereocenters. The van der Waals surface area contributed by atoms with Crippen LogP contribution in [0.2, 0.25) is 0 Å². The van der Waals surface area contributed by atoms with Crippen LogP contribution in [0.4, 0.5) is 0 Å². The fraction of sp³-hybridized carbons (Fsp3) is 0.400. The van der Waals surface area contributed by atoms with Gasteiger partial charge in [-0.2, -0.15) is 4.98 Å². The summed E-state index contributed by atoms with van der Waals surface area (Å²) in [7, 11) is 2.05. The number of para-hydroxylation sites is 2. The SMILES string of the molecule is CN1CCNCC1c1noc(Cn2c(=O)[nH]c3ccccc32)n1. The third-order valence-corrected chi connectivity index (χ3v) is 4.27. The average molecular weight is 314 g/mol. The van der Waals surface area contributed by atoms with Crippen LogP contribution < -0.4 is 11.0 Å². The maximum atomic E-state index is 12.1. The van der Waals surface area contributed by atoms with E-state index in [2.05, 4.69) is 25.3 Å². The zero-order valence-corrected chi connectivity index (χ0v) is 12.8. The lowest BCUT2D eigenvalue weighted by Crippen LogP contribution is -2.44. The summed E-state index contributed by atoms with van der Waals surface area (Å²) >= 11 is 0. The highest BCUT2D eigenvalue weighted by molar-refractivity contribution is 5.74. The molecule has 8 heteroatoms.